The van der Waals surface area contributed by atoms with Crippen LogP contribution in [0.2, 0.25) is 0 Å². The van der Waals surface area contributed by atoms with Gasteiger partial charge >= 0.3 is 0 Å². The van der Waals surface area contributed by atoms with E-state index < -0.39 is 0 Å². The van der Waals surface area contributed by atoms with Gasteiger partial charge in [-0.05, 0) is 57.3 Å². The van der Waals surface area contributed by atoms with Crippen LogP contribution >= 0.6 is 24.0 Å². The molecule has 0 amide bonds. The summed E-state index contributed by atoms with van der Waals surface area (Å²) in [5.41, 5.74) is 3.93. The Kier molecular flexibility index (Phi) is 9.70. The second-order valence-electron chi connectivity index (χ2n) is 7.67. The lowest BCUT2D eigenvalue weighted by molar-refractivity contribution is 0.392. The molecule has 2 aromatic carbocycles. The minimum atomic E-state index is -0.169. The number of aromatic nitrogens is 2. The summed E-state index contributed by atoms with van der Waals surface area (Å²) in [5, 5.41) is 6.65. The fraction of sp³-hybridized carbons (Fsp3) is 0.391. The molecule has 1 aromatic heterocycles. The topological polar surface area (TPSA) is 57.5 Å². The molecule has 0 spiro atoms. The zero-order chi connectivity index (χ0) is 21.5. The molecule has 31 heavy (non-hydrogen) atoms. The third-order valence-electron chi connectivity index (χ3n) is 4.98. The summed E-state index contributed by atoms with van der Waals surface area (Å²) in [7, 11) is 5.62. The lowest BCUT2D eigenvalue weighted by atomic mass is 10.1. The Morgan fingerprint density at radius 3 is 2.68 bits per heavy atom. The predicted molar refractivity (Wildman–Crippen MR) is 136 cm³/mol. The molecule has 0 fully saturated rings. The van der Waals surface area contributed by atoms with Gasteiger partial charge in [0.05, 0.1) is 11.0 Å². The number of rotatable bonds is 8. The van der Waals surface area contributed by atoms with Gasteiger partial charge in [-0.2, -0.15) is 0 Å². The maximum Gasteiger partial charge on any atom is 0.191 e. The third kappa shape index (κ3) is 6.90. The van der Waals surface area contributed by atoms with Crippen LogP contribution < -0.4 is 10.6 Å². The monoisotopic (exact) mass is 538 g/mol. The quantitative estimate of drug-likeness (QED) is 0.198. The van der Waals surface area contributed by atoms with E-state index in [1.54, 1.807) is 7.05 Å². The molecule has 2 N–H and O–H groups in total. The molecule has 0 saturated carbocycles. The zero-order valence-electron chi connectivity index (χ0n) is 18.7. The van der Waals surface area contributed by atoms with Crippen LogP contribution in [0.3, 0.4) is 0 Å². The molecule has 0 radical (unpaired) electrons. The van der Waals surface area contributed by atoms with Gasteiger partial charge in [-0.3, -0.25) is 4.99 Å². The molecule has 0 aliphatic carbocycles. The molecule has 6 nitrogen and oxygen atoms in total. The van der Waals surface area contributed by atoms with Gasteiger partial charge in [-0.25, -0.2) is 9.37 Å². The van der Waals surface area contributed by atoms with Crippen LogP contribution in [0, 0.1) is 12.7 Å². The number of aryl methyl sites for hydroxylation is 2. The van der Waals surface area contributed by atoms with Crippen molar-refractivity contribution >= 4 is 41.0 Å². The standard InChI is InChI=1S/C23H31FN6.HI/c1-17-28-21-8-5-6-9-22(21)30(17)13-7-12-26-23(25-2)27-15-18-10-11-20(24)19(14-18)16-29(3)4;/h5-6,8-11,14H,7,12-13,15-16H2,1-4H3,(H2,25,26,27);1H. The first-order valence-electron chi connectivity index (χ1n) is 10.3. The molecule has 0 aliphatic rings. The summed E-state index contributed by atoms with van der Waals surface area (Å²) in [6.07, 6.45) is 0.950. The summed E-state index contributed by atoms with van der Waals surface area (Å²) in [5.74, 6) is 1.60. The Hall–Kier alpha value is -2.20. The molecule has 8 heteroatoms. The smallest absolute Gasteiger partial charge is 0.191 e. The fourth-order valence-corrected chi connectivity index (χ4v) is 3.53. The van der Waals surface area contributed by atoms with Gasteiger partial charge < -0.3 is 20.1 Å². The molecule has 0 atom stereocenters. The van der Waals surface area contributed by atoms with Gasteiger partial charge in [0.2, 0.25) is 0 Å². The Morgan fingerprint density at radius 2 is 1.94 bits per heavy atom. The highest BCUT2D eigenvalue weighted by Crippen LogP contribution is 2.15. The van der Waals surface area contributed by atoms with Crippen molar-refractivity contribution in [1.82, 2.24) is 25.1 Å². The average molecular weight is 538 g/mol. The molecular weight excluding hydrogens is 506 g/mol. The summed E-state index contributed by atoms with van der Waals surface area (Å²) in [4.78, 5) is 10.9. The van der Waals surface area contributed by atoms with Gasteiger partial charge in [-0.1, -0.05) is 18.2 Å². The summed E-state index contributed by atoms with van der Waals surface area (Å²) >= 11 is 0. The van der Waals surface area contributed by atoms with Gasteiger partial charge in [-0.15, -0.1) is 24.0 Å². The third-order valence-corrected chi connectivity index (χ3v) is 4.98. The van der Waals surface area contributed by atoms with Crippen molar-refractivity contribution in [3.63, 3.8) is 0 Å². The second-order valence-corrected chi connectivity index (χ2v) is 7.67. The first-order chi connectivity index (χ1) is 14.5. The number of aliphatic imine (C=N–C) groups is 1. The van der Waals surface area contributed by atoms with Crippen molar-refractivity contribution in [3.8, 4) is 0 Å². The maximum atomic E-state index is 14.0. The van der Waals surface area contributed by atoms with Gasteiger partial charge in [0.1, 0.15) is 11.6 Å². The highest BCUT2D eigenvalue weighted by molar-refractivity contribution is 14.0. The van der Waals surface area contributed by atoms with Crippen molar-refractivity contribution in [1.29, 1.82) is 0 Å². The van der Waals surface area contributed by atoms with E-state index in [1.165, 1.54) is 11.6 Å². The summed E-state index contributed by atoms with van der Waals surface area (Å²) in [6, 6.07) is 13.5. The van der Waals surface area contributed by atoms with E-state index in [2.05, 4.69) is 31.2 Å². The highest BCUT2D eigenvalue weighted by atomic mass is 127. The van der Waals surface area contributed by atoms with Crippen LogP contribution in [0.4, 0.5) is 4.39 Å². The number of fused-ring (bicyclic) bond motifs is 1. The van der Waals surface area contributed by atoms with E-state index in [-0.39, 0.29) is 29.8 Å². The maximum absolute atomic E-state index is 14.0. The van der Waals surface area contributed by atoms with Crippen LogP contribution in [0.15, 0.2) is 47.5 Å². The number of guanidine groups is 1. The van der Waals surface area contributed by atoms with Crippen LogP contribution in [0.1, 0.15) is 23.4 Å². The Morgan fingerprint density at radius 1 is 1.16 bits per heavy atom. The van der Waals surface area contributed by atoms with E-state index in [0.29, 0.717) is 18.7 Å². The number of hydrogen-bond donors (Lipinski definition) is 2. The minimum absolute atomic E-state index is 0. The Labute approximate surface area is 201 Å². The van der Waals surface area contributed by atoms with Gasteiger partial charge in [0, 0.05) is 38.8 Å². The number of benzene rings is 2. The molecule has 168 valence electrons. The number of nitrogens with one attached hydrogen (secondary N) is 2. The van der Waals surface area contributed by atoms with E-state index in [1.807, 2.05) is 56.3 Å². The van der Waals surface area contributed by atoms with Gasteiger partial charge in [0.15, 0.2) is 5.96 Å². The molecule has 0 aliphatic heterocycles. The molecule has 3 aromatic rings. The first kappa shape index (κ1) is 25.1. The van der Waals surface area contributed by atoms with E-state index in [9.17, 15) is 4.39 Å². The van der Waals surface area contributed by atoms with Crippen molar-refractivity contribution in [2.45, 2.75) is 33.0 Å². The van der Waals surface area contributed by atoms with Crippen molar-refractivity contribution in [2.75, 3.05) is 27.7 Å². The second kappa shape index (κ2) is 12.0. The SMILES string of the molecule is CN=C(NCCCn1c(C)nc2ccccc21)NCc1ccc(F)c(CN(C)C)c1.I. The number of halogens is 2. The van der Waals surface area contributed by atoms with Crippen LogP contribution in [0.25, 0.3) is 11.0 Å². The molecule has 3 rings (SSSR count). The van der Waals surface area contributed by atoms with Gasteiger partial charge in [0.25, 0.3) is 0 Å². The largest absolute Gasteiger partial charge is 0.356 e. The lowest BCUT2D eigenvalue weighted by Gasteiger charge is -2.14. The molecule has 0 saturated heterocycles. The van der Waals surface area contributed by atoms with Crippen molar-refractivity contribution in [3.05, 3.63) is 65.2 Å². The van der Waals surface area contributed by atoms with Crippen LogP contribution in [-0.4, -0.2) is 48.1 Å². The number of imidazole rings is 1. The Balaban J connectivity index is 0.00000341. The predicted octanol–water partition coefficient (Wildman–Crippen LogP) is 3.92. The first-order valence-corrected chi connectivity index (χ1v) is 10.3. The summed E-state index contributed by atoms with van der Waals surface area (Å²) < 4.78 is 16.2. The molecule has 0 bridgehead atoms. The average Bonchev–Trinajstić information content (AvgIpc) is 3.04. The Bertz CT molecular complexity index is 1010. The number of nitrogens with zero attached hydrogens (tertiary/aromatic N) is 4. The van der Waals surface area contributed by atoms with Crippen LogP contribution in [-0.2, 0) is 19.6 Å². The van der Waals surface area contributed by atoms with E-state index in [0.717, 1.165) is 42.4 Å². The van der Waals surface area contributed by atoms with E-state index >= 15 is 0 Å². The van der Waals surface area contributed by atoms with E-state index in [4.69, 9.17) is 0 Å². The number of para-hydroxylation sites is 2. The van der Waals surface area contributed by atoms with Crippen molar-refractivity contribution < 1.29 is 4.39 Å². The lowest BCUT2D eigenvalue weighted by Crippen LogP contribution is -2.37. The normalized spacial score (nSPS) is 11.6. The number of hydrogen-bond acceptors (Lipinski definition) is 3. The zero-order valence-corrected chi connectivity index (χ0v) is 21.0. The van der Waals surface area contributed by atoms with Crippen molar-refractivity contribution in [2.24, 2.45) is 4.99 Å². The minimum Gasteiger partial charge on any atom is -0.356 e. The molecule has 1 heterocycles. The van der Waals surface area contributed by atoms with Crippen LogP contribution in [0.5, 0.6) is 0 Å². The fourth-order valence-electron chi connectivity index (χ4n) is 3.53. The highest BCUT2D eigenvalue weighted by Gasteiger charge is 2.07. The summed E-state index contributed by atoms with van der Waals surface area (Å²) in [6.45, 7) is 4.89. The molecule has 0 unspecified atom stereocenters. The molecular formula is C23H32FIN6.